The Bertz CT molecular complexity index is 599. The van der Waals surface area contributed by atoms with E-state index in [9.17, 15) is 0 Å². The molecule has 0 aromatic carbocycles. The number of aromatic nitrogens is 4. The summed E-state index contributed by atoms with van der Waals surface area (Å²) in [5.41, 5.74) is 7.78. The Balaban J connectivity index is 1.94. The van der Waals surface area contributed by atoms with Crippen molar-refractivity contribution in [1.82, 2.24) is 19.5 Å². The second kappa shape index (κ2) is 4.72. The van der Waals surface area contributed by atoms with Crippen LogP contribution < -0.4 is 5.73 Å². The van der Waals surface area contributed by atoms with Gasteiger partial charge in [0.1, 0.15) is 5.52 Å². The molecule has 0 bridgehead atoms. The Kier molecular flexibility index (Phi) is 3.05. The SMILES string of the molecule is COCC1OCC(n2cnc3c(C)nc(N)nc32)O1. The van der Waals surface area contributed by atoms with Gasteiger partial charge < -0.3 is 19.9 Å². The van der Waals surface area contributed by atoms with Gasteiger partial charge in [-0.05, 0) is 6.92 Å². The van der Waals surface area contributed by atoms with E-state index in [0.29, 0.717) is 24.4 Å². The molecule has 0 aliphatic carbocycles. The van der Waals surface area contributed by atoms with Crippen LogP contribution in [0.4, 0.5) is 5.95 Å². The smallest absolute Gasteiger partial charge is 0.222 e. The van der Waals surface area contributed by atoms with Gasteiger partial charge in [0, 0.05) is 7.11 Å². The minimum absolute atomic E-state index is 0.221. The van der Waals surface area contributed by atoms with Crippen LogP contribution in [0.25, 0.3) is 11.2 Å². The molecule has 0 radical (unpaired) electrons. The lowest BCUT2D eigenvalue weighted by Crippen LogP contribution is -2.16. The van der Waals surface area contributed by atoms with Gasteiger partial charge in [-0.1, -0.05) is 0 Å². The van der Waals surface area contributed by atoms with E-state index < -0.39 is 0 Å². The molecule has 2 unspecified atom stereocenters. The van der Waals surface area contributed by atoms with Crippen LogP contribution in [0.15, 0.2) is 6.33 Å². The zero-order valence-corrected chi connectivity index (χ0v) is 10.7. The third-order valence-electron chi connectivity index (χ3n) is 2.96. The zero-order valence-electron chi connectivity index (χ0n) is 10.7. The topological polar surface area (TPSA) is 97.3 Å². The Labute approximate surface area is 109 Å². The molecule has 19 heavy (non-hydrogen) atoms. The molecule has 2 N–H and O–H groups in total. The fraction of sp³-hybridized carbons (Fsp3) is 0.545. The van der Waals surface area contributed by atoms with Gasteiger partial charge in [0.15, 0.2) is 18.2 Å². The van der Waals surface area contributed by atoms with Crippen LogP contribution in [0.2, 0.25) is 0 Å². The number of methoxy groups -OCH3 is 1. The van der Waals surface area contributed by atoms with Crippen LogP contribution in [0.1, 0.15) is 11.9 Å². The number of hydrogen-bond donors (Lipinski definition) is 1. The first-order valence-electron chi connectivity index (χ1n) is 5.91. The maximum Gasteiger partial charge on any atom is 0.222 e. The summed E-state index contributed by atoms with van der Waals surface area (Å²) < 4.78 is 18.0. The number of nitrogens with zero attached hydrogens (tertiary/aromatic N) is 4. The van der Waals surface area contributed by atoms with Gasteiger partial charge in [0.2, 0.25) is 5.95 Å². The van der Waals surface area contributed by atoms with Gasteiger partial charge in [-0.2, -0.15) is 4.98 Å². The third-order valence-corrected chi connectivity index (χ3v) is 2.96. The minimum Gasteiger partial charge on any atom is -0.379 e. The molecule has 3 rings (SSSR count). The van der Waals surface area contributed by atoms with Crippen molar-refractivity contribution in [2.45, 2.75) is 19.4 Å². The molecule has 2 aromatic rings. The number of aryl methyl sites for hydroxylation is 1. The summed E-state index contributed by atoms with van der Waals surface area (Å²) in [5.74, 6) is 0.221. The maximum atomic E-state index is 5.71. The van der Waals surface area contributed by atoms with Crippen molar-refractivity contribution in [3.63, 3.8) is 0 Å². The number of ether oxygens (including phenoxy) is 3. The van der Waals surface area contributed by atoms with E-state index in [1.54, 1.807) is 18.0 Å². The molecule has 8 heteroatoms. The van der Waals surface area contributed by atoms with Crippen LogP contribution in [0.5, 0.6) is 0 Å². The first-order valence-corrected chi connectivity index (χ1v) is 5.91. The van der Waals surface area contributed by atoms with Crippen molar-refractivity contribution >= 4 is 17.1 Å². The summed E-state index contributed by atoms with van der Waals surface area (Å²) in [4.78, 5) is 12.6. The molecule has 3 heterocycles. The Morgan fingerprint density at radius 2 is 2.37 bits per heavy atom. The van der Waals surface area contributed by atoms with E-state index in [4.69, 9.17) is 19.9 Å². The minimum atomic E-state index is -0.368. The third kappa shape index (κ3) is 2.14. The van der Waals surface area contributed by atoms with Gasteiger partial charge in [-0.25, -0.2) is 9.97 Å². The van der Waals surface area contributed by atoms with Crippen molar-refractivity contribution in [3.8, 4) is 0 Å². The molecule has 1 aliphatic heterocycles. The summed E-state index contributed by atoms with van der Waals surface area (Å²) in [6, 6.07) is 0. The Hall–Kier alpha value is -1.77. The molecule has 0 saturated carbocycles. The highest BCUT2D eigenvalue weighted by molar-refractivity contribution is 5.74. The van der Waals surface area contributed by atoms with Crippen LogP contribution >= 0.6 is 0 Å². The second-order valence-electron chi connectivity index (χ2n) is 4.30. The van der Waals surface area contributed by atoms with Crippen LogP contribution in [-0.4, -0.2) is 46.1 Å². The van der Waals surface area contributed by atoms with Crippen molar-refractivity contribution in [2.75, 3.05) is 26.1 Å². The van der Waals surface area contributed by atoms with E-state index in [1.807, 2.05) is 6.92 Å². The summed E-state index contributed by atoms with van der Waals surface area (Å²) in [7, 11) is 1.60. The predicted molar refractivity (Wildman–Crippen MR) is 66.2 cm³/mol. The molecule has 1 aliphatic rings. The molecule has 0 amide bonds. The maximum absolute atomic E-state index is 5.71. The molecule has 102 valence electrons. The number of imidazole rings is 1. The van der Waals surface area contributed by atoms with E-state index >= 15 is 0 Å². The molecular formula is C11H15N5O3. The average molecular weight is 265 g/mol. The van der Waals surface area contributed by atoms with Crippen molar-refractivity contribution in [2.24, 2.45) is 0 Å². The van der Waals surface area contributed by atoms with Gasteiger partial charge >= 0.3 is 0 Å². The summed E-state index contributed by atoms with van der Waals surface area (Å²) in [6.45, 7) is 2.65. The Morgan fingerprint density at radius 1 is 1.53 bits per heavy atom. The number of fused-ring (bicyclic) bond motifs is 1. The fourth-order valence-corrected chi connectivity index (χ4v) is 2.10. The first-order chi connectivity index (χ1) is 9.19. The van der Waals surface area contributed by atoms with E-state index in [2.05, 4.69) is 15.0 Å². The van der Waals surface area contributed by atoms with Gasteiger partial charge in [0.05, 0.1) is 25.2 Å². The normalized spacial score (nSPS) is 23.3. The van der Waals surface area contributed by atoms with Gasteiger partial charge in [-0.3, -0.25) is 4.57 Å². The number of anilines is 1. The number of rotatable bonds is 3. The lowest BCUT2D eigenvalue weighted by molar-refractivity contribution is -0.106. The molecule has 2 atom stereocenters. The van der Waals surface area contributed by atoms with E-state index in [0.717, 1.165) is 5.69 Å². The van der Waals surface area contributed by atoms with Gasteiger partial charge in [0.25, 0.3) is 0 Å². The highest BCUT2D eigenvalue weighted by Crippen LogP contribution is 2.25. The van der Waals surface area contributed by atoms with Crippen LogP contribution in [0.3, 0.4) is 0 Å². The first kappa shape index (κ1) is 12.3. The fourth-order valence-electron chi connectivity index (χ4n) is 2.10. The second-order valence-corrected chi connectivity index (χ2v) is 4.30. The summed E-state index contributed by atoms with van der Waals surface area (Å²) in [6.07, 6.45) is 1.02. The van der Waals surface area contributed by atoms with Crippen molar-refractivity contribution in [3.05, 3.63) is 12.0 Å². The molecule has 1 fully saturated rings. The van der Waals surface area contributed by atoms with Crippen molar-refractivity contribution in [1.29, 1.82) is 0 Å². The predicted octanol–water partition coefficient (Wildman–Crippen LogP) is 0.235. The molecular weight excluding hydrogens is 250 g/mol. The van der Waals surface area contributed by atoms with E-state index in [-0.39, 0.29) is 18.5 Å². The number of nitrogen functional groups attached to an aromatic ring is 1. The summed E-state index contributed by atoms with van der Waals surface area (Å²) in [5, 5.41) is 0. The largest absolute Gasteiger partial charge is 0.379 e. The summed E-state index contributed by atoms with van der Waals surface area (Å²) >= 11 is 0. The van der Waals surface area contributed by atoms with Crippen molar-refractivity contribution < 1.29 is 14.2 Å². The molecule has 8 nitrogen and oxygen atoms in total. The van der Waals surface area contributed by atoms with E-state index in [1.165, 1.54) is 0 Å². The lowest BCUT2D eigenvalue weighted by Gasteiger charge is -2.12. The number of nitrogens with two attached hydrogens (primary N) is 1. The quantitative estimate of drug-likeness (QED) is 0.848. The standard InChI is InChI=1S/C11H15N5O3/c1-6-9-10(15-11(12)14-6)16(5-13-9)7-3-18-8(19-7)4-17-2/h5,7-8H,3-4H2,1-2H3,(H2,12,14,15). The van der Waals surface area contributed by atoms with Crippen LogP contribution in [0, 0.1) is 6.92 Å². The Morgan fingerprint density at radius 3 is 3.16 bits per heavy atom. The average Bonchev–Trinajstić information content (AvgIpc) is 2.95. The zero-order chi connectivity index (χ0) is 13.4. The molecule has 1 saturated heterocycles. The van der Waals surface area contributed by atoms with Crippen LogP contribution in [-0.2, 0) is 14.2 Å². The highest BCUT2D eigenvalue weighted by Gasteiger charge is 2.28. The molecule has 2 aromatic heterocycles. The highest BCUT2D eigenvalue weighted by atomic mass is 16.7. The monoisotopic (exact) mass is 265 g/mol. The number of hydrogen-bond acceptors (Lipinski definition) is 7. The van der Waals surface area contributed by atoms with Gasteiger partial charge in [-0.15, -0.1) is 0 Å². The lowest BCUT2D eigenvalue weighted by atomic mass is 10.4. The molecule has 0 spiro atoms.